The lowest BCUT2D eigenvalue weighted by atomic mass is 10.1. The number of methoxy groups -OCH3 is 1. The van der Waals surface area contributed by atoms with Crippen molar-refractivity contribution in [3.8, 4) is 0 Å². The molecule has 0 bridgehead atoms. The Morgan fingerprint density at radius 2 is 1.76 bits per heavy atom. The fourth-order valence-corrected chi connectivity index (χ4v) is 1.89. The van der Waals surface area contributed by atoms with Crippen LogP contribution in [0.5, 0.6) is 0 Å². The van der Waals surface area contributed by atoms with Gasteiger partial charge in [-0.15, -0.1) is 0 Å². The maximum atomic E-state index is 11.9. The summed E-state index contributed by atoms with van der Waals surface area (Å²) >= 11 is 0. The molecule has 2 aromatic rings. The van der Waals surface area contributed by atoms with Crippen LogP contribution in [0.15, 0.2) is 54.6 Å². The zero-order valence-electron chi connectivity index (χ0n) is 11.4. The number of nitro groups is 1. The van der Waals surface area contributed by atoms with Crippen LogP contribution >= 0.6 is 0 Å². The van der Waals surface area contributed by atoms with E-state index in [-0.39, 0.29) is 5.69 Å². The Morgan fingerprint density at radius 1 is 1.14 bits per heavy atom. The number of rotatable bonds is 5. The lowest BCUT2D eigenvalue weighted by Gasteiger charge is -2.17. The van der Waals surface area contributed by atoms with Gasteiger partial charge in [0.2, 0.25) is 0 Å². The van der Waals surface area contributed by atoms with Gasteiger partial charge >= 0.3 is 5.97 Å². The zero-order valence-corrected chi connectivity index (χ0v) is 11.4. The molecule has 2 rings (SSSR count). The second-order valence-corrected chi connectivity index (χ2v) is 4.32. The minimum Gasteiger partial charge on any atom is -0.467 e. The highest BCUT2D eigenvalue weighted by Gasteiger charge is 2.21. The molecule has 0 aliphatic rings. The van der Waals surface area contributed by atoms with E-state index in [4.69, 9.17) is 4.74 Å². The van der Waals surface area contributed by atoms with Gasteiger partial charge in [0, 0.05) is 17.8 Å². The van der Waals surface area contributed by atoms with E-state index in [1.807, 2.05) is 18.2 Å². The number of esters is 1. The van der Waals surface area contributed by atoms with Crippen molar-refractivity contribution >= 4 is 17.3 Å². The van der Waals surface area contributed by atoms with Crippen LogP contribution in [-0.2, 0) is 9.53 Å². The second-order valence-electron chi connectivity index (χ2n) is 4.32. The molecule has 1 unspecified atom stereocenters. The Hall–Kier alpha value is -2.89. The summed E-state index contributed by atoms with van der Waals surface area (Å²) in [5, 5.41) is 13.6. The van der Waals surface area contributed by atoms with Gasteiger partial charge in [-0.25, -0.2) is 4.79 Å². The first-order valence-electron chi connectivity index (χ1n) is 6.25. The monoisotopic (exact) mass is 286 g/mol. The lowest BCUT2D eigenvalue weighted by Crippen LogP contribution is -2.22. The molecule has 6 nitrogen and oxygen atoms in total. The van der Waals surface area contributed by atoms with E-state index in [0.717, 1.165) is 5.56 Å². The Kier molecular flexibility index (Phi) is 4.50. The van der Waals surface area contributed by atoms with Crippen LogP contribution in [0.1, 0.15) is 11.6 Å². The number of nitro benzene ring substituents is 1. The van der Waals surface area contributed by atoms with Gasteiger partial charge in [0.25, 0.3) is 5.69 Å². The first-order chi connectivity index (χ1) is 10.1. The Balaban J connectivity index is 2.23. The minimum absolute atomic E-state index is 0.00474. The number of benzene rings is 2. The first kappa shape index (κ1) is 14.5. The molecule has 108 valence electrons. The molecule has 0 spiro atoms. The molecular formula is C15H14N2O4. The van der Waals surface area contributed by atoms with E-state index in [1.54, 1.807) is 24.3 Å². The number of carbonyl (C=O) groups is 1. The van der Waals surface area contributed by atoms with Crippen LogP contribution in [0.4, 0.5) is 11.4 Å². The van der Waals surface area contributed by atoms with E-state index in [0.29, 0.717) is 5.69 Å². The third-order valence-corrected chi connectivity index (χ3v) is 2.96. The Morgan fingerprint density at radius 3 is 2.29 bits per heavy atom. The van der Waals surface area contributed by atoms with Crippen molar-refractivity contribution in [2.24, 2.45) is 0 Å². The van der Waals surface area contributed by atoms with Crippen molar-refractivity contribution < 1.29 is 14.5 Å². The minimum atomic E-state index is -0.669. The largest absolute Gasteiger partial charge is 0.467 e. The molecule has 0 amide bonds. The summed E-state index contributed by atoms with van der Waals surface area (Å²) in [5.41, 5.74) is 1.34. The topological polar surface area (TPSA) is 81.5 Å². The number of carbonyl (C=O) groups excluding carboxylic acids is 1. The molecule has 2 aromatic carbocycles. The van der Waals surface area contributed by atoms with E-state index in [1.165, 1.54) is 19.2 Å². The van der Waals surface area contributed by atoms with Crippen molar-refractivity contribution in [3.63, 3.8) is 0 Å². The highest BCUT2D eigenvalue weighted by Crippen LogP contribution is 2.22. The molecule has 0 aliphatic heterocycles. The molecule has 0 saturated heterocycles. The van der Waals surface area contributed by atoms with Gasteiger partial charge in [0.15, 0.2) is 6.04 Å². The number of non-ortho nitro benzene ring substituents is 1. The fourth-order valence-electron chi connectivity index (χ4n) is 1.89. The van der Waals surface area contributed by atoms with Gasteiger partial charge in [0.1, 0.15) is 0 Å². The average molecular weight is 286 g/mol. The number of ether oxygens (including phenoxy) is 1. The summed E-state index contributed by atoms with van der Waals surface area (Å²) in [6.45, 7) is 0. The molecule has 0 fully saturated rings. The van der Waals surface area contributed by atoms with Gasteiger partial charge in [-0.05, 0) is 17.7 Å². The van der Waals surface area contributed by atoms with Gasteiger partial charge in [-0.3, -0.25) is 10.1 Å². The second kappa shape index (κ2) is 6.51. The van der Waals surface area contributed by atoms with Crippen molar-refractivity contribution in [2.45, 2.75) is 6.04 Å². The predicted molar refractivity (Wildman–Crippen MR) is 77.9 cm³/mol. The first-order valence-corrected chi connectivity index (χ1v) is 6.25. The molecule has 0 saturated carbocycles. The average Bonchev–Trinajstić information content (AvgIpc) is 2.53. The number of hydrogen-bond donors (Lipinski definition) is 1. The molecule has 0 heterocycles. The van der Waals surface area contributed by atoms with Crippen LogP contribution in [0.25, 0.3) is 0 Å². The third-order valence-electron chi connectivity index (χ3n) is 2.96. The van der Waals surface area contributed by atoms with E-state index >= 15 is 0 Å². The summed E-state index contributed by atoms with van der Waals surface area (Å²) in [6, 6.07) is 14.3. The molecule has 1 N–H and O–H groups in total. The normalized spacial score (nSPS) is 11.5. The van der Waals surface area contributed by atoms with Gasteiger partial charge < -0.3 is 10.1 Å². The smallest absolute Gasteiger partial charge is 0.332 e. The summed E-state index contributed by atoms with van der Waals surface area (Å²) in [6.07, 6.45) is 0. The van der Waals surface area contributed by atoms with Crippen molar-refractivity contribution in [1.29, 1.82) is 0 Å². The number of anilines is 1. The van der Waals surface area contributed by atoms with Gasteiger partial charge in [-0.1, -0.05) is 30.3 Å². The molecule has 0 radical (unpaired) electrons. The van der Waals surface area contributed by atoms with E-state index < -0.39 is 16.9 Å². The van der Waals surface area contributed by atoms with E-state index in [9.17, 15) is 14.9 Å². The summed E-state index contributed by atoms with van der Waals surface area (Å²) < 4.78 is 4.79. The predicted octanol–water partition coefficient (Wildman–Crippen LogP) is 2.92. The van der Waals surface area contributed by atoms with Crippen molar-refractivity contribution in [3.05, 3.63) is 70.3 Å². The molecule has 21 heavy (non-hydrogen) atoms. The van der Waals surface area contributed by atoms with Crippen LogP contribution in [-0.4, -0.2) is 18.0 Å². The lowest BCUT2D eigenvalue weighted by molar-refractivity contribution is -0.384. The molecule has 1 atom stereocenters. The Labute approximate surface area is 121 Å². The molecule has 0 aromatic heterocycles. The van der Waals surface area contributed by atoms with Crippen LogP contribution in [0.2, 0.25) is 0 Å². The van der Waals surface area contributed by atoms with Crippen LogP contribution in [0.3, 0.4) is 0 Å². The highest BCUT2D eigenvalue weighted by molar-refractivity contribution is 5.81. The molecule has 6 heteroatoms. The zero-order chi connectivity index (χ0) is 15.2. The molecular weight excluding hydrogens is 272 g/mol. The number of nitrogens with zero attached hydrogens (tertiary/aromatic N) is 1. The maximum absolute atomic E-state index is 11.9. The SMILES string of the molecule is COC(=O)C(Nc1ccc([N+](=O)[O-])cc1)c1ccccc1. The van der Waals surface area contributed by atoms with Gasteiger partial charge in [0.05, 0.1) is 12.0 Å². The van der Waals surface area contributed by atoms with E-state index in [2.05, 4.69) is 5.32 Å². The highest BCUT2D eigenvalue weighted by atomic mass is 16.6. The number of hydrogen-bond acceptors (Lipinski definition) is 5. The van der Waals surface area contributed by atoms with Crippen molar-refractivity contribution in [1.82, 2.24) is 0 Å². The van der Waals surface area contributed by atoms with Crippen molar-refractivity contribution in [2.75, 3.05) is 12.4 Å². The quantitative estimate of drug-likeness (QED) is 0.519. The standard InChI is InChI=1S/C15H14N2O4/c1-21-15(18)14(11-5-3-2-4-6-11)16-12-7-9-13(10-8-12)17(19)20/h2-10,14,16H,1H3. The van der Waals surface area contributed by atoms with Crippen LogP contribution < -0.4 is 5.32 Å². The summed E-state index contributed by atoms with van der Waals surface area (Å²) in [5.74, 6) is -0.431. The Bertz CT molecular complexity index is 626. The summed E-state index contributed by atoms with van der Waals surface area (Å²) in [4.78, 5) is 22.0. The number of nitrogens with one attached hydrogen (secondary N) is 1. The summed E-state index contributed by atoms with van der Waals surface area (Å²) in [7, 11) is 1.32. The van der Waals surface area contributed by atoms with Crippen LogP contribution in [0, 0.1) is 10.1 Å². The maximum Gasteiger partial charge on any atom is 0.332 e. The third kappa shape index (κ3) is 3.56. The molecule has 0 aliphatic carbocycles. The van der Waals surface area contributed by atoms with Gasteiger partial charge in [-0.2, -0.15) is 0 Å². The fraction of sp³-hybridized carbons (Fsp3) is 0.133.